The third kappa shape index (κ3) is 5.43. The molecular formula is C13H19NO4. The number of hydrogen-bond acceptors (Lipinski definition) is 5. The zero-order chi connectivity index (χ0) is 14.3. The van der Waals surface area contributed by atoms with Crippen LogP contribution in [0.4, 0.5) is 0 Å². The van der Waals surface area contributed by atoms with Gasteiger partial charge in [-0.3, -0.25) is 0 Å². The molecule has 0 aromatic heterocycles. The topological polar surface area (TPSA) is 76.5 Å². The molecule has 0 bridgehead atoms. The van der Waals surface area contributed by atoms with Crippen molar-refractivity contribution in [1.82, 2.24) is 0 Å². The molecule has 0 aromatic rings. The van der Waals surface area contributed by atoms with E-state index in [1.165, 1.54) is 13.8 Å². The Bertz CT molecular complexity index is 354. The zero-order valence-corrected chi connectivity index (χ0v) is 11.0. The Morgan fingerprint density at radius 2 is 1.44 bits per heavy atom. The largest absolute Gasteiger partial charge is 0.461 e. The molecule has 0 aliphatic rings. The van der Waals surface area contributed by atoms with E-state index in [2.05, 4.69) is 13.2 Å². The van der Waals surface area contributed by atoms with Gasteiger partial charge < -0.3 is 14.9 Å². The number of carbonyl (C=O) groups excluding carboxylic acids is 2. The minimum atomic E-state index is -0.851. The molecule has 0 aliphatic heterocycles. The van der Waals surface area contributed by atoms with Gasteiger partial charge in [0.1, 0.15) is 13.2 Å². The first-order valence-corrected chi connectivity index (χ1v) is 5.39. The van der Waals surface area contributed by atoms with Crippen LogP contribution in [0, 0.1) is 10.8 Å². The monoisotopic (exact) mass is 253 g/mol. The molecule has 0 fully saturated rings. The third-order valence-corrected chi connectivity index (χ3v) is 2.11. The number of ether oxygens (including phenoxy) is 2. The van der Waals surface area contributed by atoms with Gasteiger partial charge in [0.05, 0.1) is 5.41 Å². The lowest BCUT2D eigenvalue weighted by molar-refractivity contribution is -0.145. The summed E-state index contributed by atoms with van der Waals surface area (Å²) in [6, 6.07) is 0. The fourth-order valence-electron chi connectivity index (χ4n) is 0.832. The highest BCUT2D eigenvalue weighted by molar-refractivity contribution is 5.87. The summed E-state index contributed by atoms with van der Waals surface area (Å²) in [4.78, 5) is 22.5. The van der Waals surface area contributed by atoms with Gasteiger partial charge in [-0.2, -0.15) is 0 Å². The lowest BCUT2D eigenvalue weighted by Gasteiger charge is -2.23. The van der Waals surface area contributed by atoms with Gasteiger partial charge in [0.2, 0.25) is 0 Å². The number of hydrogen-bond donors (Lipinski definition) is 1. The van der Waals surface area contributed by atoms with Crippen LogP contribution in [0.1, 0.15) is 20.8 Å². The smallest absolute Gasteiger partial charge is 0.333 e. The van der Waals surface area contributed by atoms with E-state index in [1.54, 1.807) is 6.92 Å². The Labute approximate surface area is 107 Å². The van der Waals surface area contributed by atoms with E-state index in [1.807, 2.05) is 0 Å². The summed E-state index contributed by atoms with van der Waals surface area (Å²) >= 11 is 0. The summed E-state index contributed by atoms with van der Waals surface area (Å²) in [5, 5.41) is 7.31. The lowest BCUT2D eigenvalue weighted by Crippen LogP contribution is -2.33. The highest BCUT2D eigenvalue weighted by atomic mass is 16.5. The molecule has 0 aliphatic carbocycles. The average molecular weight is 253 g/mol. The SMILES string of the molecule is C=C(C)C(=O)OCC(C)(C=N)COC(=O)C(=C)C. The summed E-state index contributed by atoms with van der Waals surface area (Å²) < 4.78 is 9.90. The van der Waals surface area contributed by atoms with E-state index >= 15 is 0 Å². The van der Waals surface area contributed by atoms with Crippen molar-refractivity contribution in [2.45, 2.75) is 20.8 Å². The summed E-state index contributed by atoms with van der Waals surface area (Å²) in [7, 11) is 0. The normalized spacial score (nSPS) is 10.4. The van der Waals surface area contributed by atoms with E-state index in [0.29, 0.717) is 0 Å². The Kier molecular flexibility index (Phi) is 6.02. The van der Waals surface area contributed by atoms with Crippen molar-refractivity contribution < 1.29 is 19.1 Å². The second kappa shape index (κ2) is 6.74. The molecule has 1 N–H and O–H groups in total. The minimum Gasteiger partial charge on any atom is -0.461 e. The predicted molar refractivity (Wildman–Crippen MR) is 68.4 cm³/mol. The number of nitrogens with one attached hydrogen (secondary N) is 1. The molecule has 100 valence electrons. The summed E-state index contributed by atoms with van der Waals surface area (Å²) in [5.74, 6) is -1.07. The van der Waals surface area contributed by atoms with Crippen molar-refractivity contribution in [2.24, 2.45) is 5.41 Å². The molecule has 0 saturated heterocycles. The lowest BCUT2D eigenvalue weighted by atomic mass is 9.95. The summed E-state index contributed by atoms with van der Waals surface area (Å²) in [5.41, 5.74) is -0.293. The molecule has 0 atom stereocenters. The van der Waals surface area contributed by atoms with E-state index in [4.69, 9.17) is 14.9 Å². The van der Waals surface area contributed by atoms with Gasteiger partial charge in [-0.15, -0.1) is 0 Å². The number of carbonyl (C=O) groups is 2. The van der Waals surface area contributed by atoms with Crippen molar-refractivity contribution in [3.05, 3.63) is 24.3 Å². The molecule has 0 amide bonds. The van der Waals surface area contributed by atoms with Crippen molar-refractivity contribution >= 4 is 18.2 Å². The molecule has 0 rings (SSSR count). The maximum absolute atomic E-state index is 11.2. The highest BCUT2D eigenvalue weighted by Crippen LogP contribution is 2.15. The molecule has 0 heterocycles. The maximum Gasteiger partial charge on any atom is 0.333 e. The third-order valence-electron chi connectivity index (χ3n) is 2.11. The highest BCUT2D eigenvalue weighted by Gasteiger charge is 2.26. The van der Waals surface area contributed by atoms with Crippen LogP contribution >= 0.6 is 0 Å². The fourth-order valence-corrected chi connectivity index (χ4v) is 0.832. The van der Waals surface area contributed by atoms with Gasteiger partial charge in [-0.25, -0.2) is 9.59 Å². The van der Waals surface area contributed by atoms with E-state index in [0.717, 1.165) is 6.21 Å². The predicted octanol–water partition coefficient (Wildman–Crippen LogP) is 1.88. The van der Waals surface area contributed by atoms with Crippen LogP contribution in [0.3, 0.4) is 0 Å². The number of esters is 2. The van der Waals surface area contributed by atoms with Crippen LogP contribution in [0.5, 0.6) is 0 Å². The first-order valence-electron chi connectivity index (χ1n) is 5.39. The van der Waals surface area contributed by atoms with Crippen molar-refractivity contribution in [1.29, 1.82) is 5.41 Å². The molecule has 5 nitrogen and oxygen atoms in total. The molecule has 0 spiro atoms. The standard InChI is InChI=1S/C13H19NO4/c1-9(2)11(15)17-7-13(5,6-14)8-18-12(16)10(3)4/h6,14H,1,3,7-8H2,2,4-5H3. The first kappa shape index (κ1) is 16.1. The van der Waals surface area contributed by atoms with Crippen molar-refractivity contribution in [3.8, 4) is 0 Å². The second-order valence-corrected chi connectivity index (χ2v) is 4.51. The van der Waals surface area contributed by atoms with E-state index in [-0.39, 0.29) is 24.4 Å². The van der Waals surface area contributed by atoms with Crippen LogP contribution < -0.4 is 0 Å². The minimum absolute atomic E-state index is 0.0499. The molecule has 0 unspecified atom stereocenters. The van der Waals surface area contributed by atoms with E-state index < -0.39 is 17.4 Å². The second-order valence-electron chi connectivity index (χ2n) is 4.51. The Morgan fingerprint density at radius 3 is 1.67 bits per heavy atom. The van der Waals surface area contributed by atoms with Crippen LogP contribution in [-0.2, 0) is 19.1 Å². The molecule has 5 heteroatoms. The van der Waals surface area contributed by atoms with Gasteiger partial charge in [-0.1, -0.05) is 13.2 Å². The van der Waals surface area contributed by atoms with Gasteiger partial charge in [0.25, 0.3) is 0 Å². The molecular weight excluding hydrogens is 234 g/mol. The molecule has 0 radical (unpaired) electrons. The average Bonchev–Trinajstić information content (AvgIpc) is 2.32. The van der Waals surface area contributed by atoms with Crippen LogP contribution in [-0.4, -0.2) is 31.4 Å². The zero-order valence-electron chi connectivity index (χ0n) is 11.0. The fraction of sp³-hybridized carbons (Fsp3) is 0.462. The Hall–Kier alpha value is -1.91. The van der Waals surface area contributed by atoms with Crippen molar-refractivity contribution in [2.75, 3.05) is 13.2 Å². The van der Waals surface area contributed by atoms with Gasteiger partial charge in [-0.05, 0) is 20.8 Å². The van der Waals surface area contributed by atoms with Crippen molar-refractivity contribution in [3.63, 3.8) is 0 Å². The molecule has 0 saturated carbocycles. The summed E-state index contributed by atoms with van der Waals surface area (Å²) in [6.45, 7) is 11.5. The van der Waals surface area contributed by atoms with Crippen LogP contribution in [0.2, 0.25) is 0 Å². The van der Waals surface area contributed by atoms with Gasteiger partial charge in [0.15, 0.2) is 0 Å². The summed E-state index contributed by atoms with van der Waals surface area (Å²) in [6.07, 6.45) is 1.09. The quantitative estimate of drug-likeness (QED) is 0.427. The molecule has 0 aromatic carbocycles. The Morgan fingerprint density at radius 1 is 1.11 bits per heavy atom. The van der Waals surface area contributed by atoms with Gasteiger partial charge >= 0.3 is 11.9 Å². The Balaban J connectivity index is 4.39. The molecule has 18 heavy (non-hydrogen) atoms. The maximum atomic E-state index is 11.2. The van der Waals surface area contributed by atoms with E-state index in [9.17, 15) is 9.59 Å². The van der Waals surface area contributed by atoms with Gasteiger partial charge in [0, 0.05) is 17.4 Å². The first-order chi connectivity index (χ1) is 8.22. The van der Waals surface area contributed by atoms with Crippen LogP contribution in [0.15, 0.2) is 24.3 Å². The van der Waals surface area contributed by atoms with Crippen LogP contribution in [0.25, 0.3) is 0 Å². The number of rotatable bonds is 7.